The molecule has 2 N–H and O–H groups in total. The van der Waals surface area contributed by atoms with Gasteiger partial charge in [0.25, 0.3) is 0 Å². The Morgan fingerprint density at radius 1 is 1.17 bits per heavy atom. The third-order valence-electron chi connectivity index (χ3n) is 4.14. The number of halogens is 4. The summed E-state index contributed by atoms with van der Waals surface area (Å²) in [6, 6.07) is 6.47. The lowest BCUT2D eigenvalue weighted by atomic mass is 10.1. The Labute approximate surface area is 186 Å². The summed E-state index contributed by atoms with van der Waals surface area (Å²) in [6.45, 7) is 2.17. The topological polar surface area (TPSA) is 64.1 Å². The molecule has 0 radical (unpaired) electrons. The van der Waals surface area contributed by atoms with E-state index >= 15 is 0 Å². The van der Waals surface area contributed by atoms with Crippen molar-refractivity contribution in [3.05, 3.63) is 29.8 Å². The van der Waals surface area contributed by atoms with Gasteiger partial charge in [-0.3, -0.25) is 4.99 Å². The highest BCUT2D eigenvalue weighted by Crippen LogP contribution is 2.18. The van der Waals surface area contributed by atoms with E-state index in [1.54, 1.807) is 19.2 Å². The first-order valence-electron chi connectivity index (χ1n) is 9.38. The monoisotopic (exact) mass is 531 g/mol. The smallest absolute Gasteiger partial charge is 0.422 e. The van der Waals surface area contributed by atoms with Crippen molar-refractivity contribution < 1.29 is 27.4 Å². The summed E-state index contributed by atoms with van der Waals surface area (Å²) in [5, 5.41) is 6.37. The molecule has 1 heterocycles. The number of guanidine groups is 1. The third-order valence-corrected chi connectivity index (χ3v) is 4.14. The molecule has 1 aromatic carbocycles. The second-order valence-corrected chi connectivity index (χ2v) is 6.44. The number of nitrogens with one attached hydrogen (secondary N) is 2. The summed E-state index contributed by atoms with van der Waals surface area (Å²) in [5.41, 5.74) is 0.908. The zero-order valence-corrected chi connectivity index (χ0v) is 18.8. The van der Waals surface area contributed by atoms with E-state index in [-0.39, 0.29) is 29.7 Å². The van der Waals surface area contributed by atoms with Crippen LogP contribution < -0.4 is 15.4 Å². The summed E-state index contributed by atoms with van der Waals surface area (Å²) in [4.78, 5) is 4.15. The van der Waals surface area contributed by atoms with Crippen molar-refractivity contribution in [2.45, 2.75) is 38.1 Å². The molecule has 1 saturated heterocycles. The fraction of sp³-hybridized carbons (Fsp3) is 0.632. The lowest BCUT2D eigenvalue weighted by molar-refractivity contribution is -0.153. The predicted molar refractivity (Wildman–Crippen MR) is 116 cm³/mol. The minimum absolute atomic E-state index is 0. The fourth-order valence-corrected chi connectivity index (χ4v) is 2.65. The fourth-order valence-electron chi connectivity index (χ4n) is 2.65. The van der Waals surface area contributed by atoms with Crippen LogP contribution in [0.15, 0.2) is 29.3 Å². The molecule has 0 unspecified atom stereocenters. The molecular formula is C19H29F3IN3O3. The summed E-state index contributed by atoms with van der Waals surface area (Å²) < 4.78 is 52.2. The van der Waals surface area contributed by atoms with Gasteiger partial charge in [0.05, 0.1) is 6.10 Å². The number of hydrogen-bond acceptors (Lipinski definition) is 4. The minimum Gasteiger partial charge on any atom is -0.484 e. The first-order chi connectivity index (χ1) is 13.5. The Hall–Kier alpha value is -1.27. The van der Waals surface area contributed by atoms with Crippen LogP contribution in [0.1, 0.15) is 24.8 Å². The van der Waals surface area contributed by atoms with Gasteiger partial charge in [0, 0.05) is 40.0 Å². The van der Waals surface area contributed by atoms with Crippen molar-refractivity contribution in [1.82, 2.24) is 10.6 Å². The van der Waals surface area contributed by atoms with Crippen LogP contribution >= 0.6 is 24.0 Å². The average Bonchev–Trinajstić information content (AvgIpc) is 2.69. The molecule has 29 heavy (non-hydrogen) atoms. The second kappa shape index (κ2) is 13.9. The highest BCUT2D eigenvalue weighted by molar-refractivity contribution is 14.0. The lowest BCUT2D eigenvalue weighted by Gasteiger charge is -2.22. The van der Waals surface area contributed by atoms with Gasteiger partial charge >= 0.3 is 6.18 Å². The van der Waals surface area contributed by atoms with Crippen molar-refractivity contribution >= 4 is 29.9 Å². The maximum absolute atomic E-state index is 12.1. The Morgan fingerprint density at radius 3 is 2.48 bits per heavy atom. The molecule has 1 fully saturated rings. The molecule has 0 saturated carbocycles. The zero-order valence-electron chi connectivity index (χ0n) is 16.5. The van der Waals surface area contributed by atoms with E-state index in [4.69, 9.17) is 14.2 Å². The number of ether oxygens (including phenoxy) is 3. The lowest BCUT2D eigenvalue weighted by Crippen LogP contribution is -2.37. The molecule has 0 aromatic heterocycles. The Morgan fingerprint density at radius 2 is 1.86 bits per heavy atom. The molecule has 0 amide bonds. The maximum atomic E-state index is 12.1. The van der Waals surface area contributed by atoms with Crippen molar-refractivity contribution in [3.63, 3.8) is 0 Å². The van der Waals surface area contributed by atoms with Crippen LogP contribution in [-0.4, -0.2) is 58.3 Å². The van der Waals surface area contributed by atoms with Gasteiger partial charge in [-0.1, -0.05) is 12.1 Å². The highest BCUT2D eigenvalue weighted by atomic mass is 127. The number of alkyl halides is 3. The van der Waals surface area contributed by atoms with Crippen molar-refractivity contribution in [2.75, 3.05) is 40.0 Å². The van der Waals surface area contributed by atoms with Crippen LogP contribution in [0.2, 0.25) is 0 Å². The van der Waals surface area contributed by atoms with E-state index in [2.05, 4.69) is 15.6 Å². The predicted octanol–water partition coefficient (Wildman–Crippen LogP) is 3.50. The number of benzene rings is 1. The van der Waals surface area contributed by atoms with Crippen LogP contribution in [0, 0.1) is 0 Å². The van der Waals surface area contributed by atoms with E-state index in [9.17, 15) is 13.2 Å². The standard InChI is InChI=1S/C19H28F3N3O3.HI/c1-23-18(24-9-2-10-27-17-7-11-26-12-8-17)25-13-15-3-5-16(6-4-15)28-14-19(20,21)22;/h3-6,17H,2,7-14H2,1H3,(H2,23,24,25);1H. The number of nitrogens with zero attached hydrogens (tertiary/aromatic N) is 1. The highest BCUT2D eigenvalue weighted by Gasteiger charge is 2.28. The average molecular weight is 531 g/mol. The largest absolute Gasteiger partial charge is 0.484 e. The van der Waals surface area contributed by atoms with Gasteiger partial charge < -0.3 is 24.8 Å². The van der Waals surface area contributed by atoms with E-state index in [1.807, 2.05) is 0 Å². The molecule has 0 atom stereocenters. The third kappa shape index (κ3) is 11.5. The molecule has 0 bridgehead atoms. The van der Waals surface area contributed by atoms with Crippen LogP contribution in [0.4, 0.5) is 13.2 Å². The normalized spacial score (nSPS) is 15.5. The van der Waals surface area contributed by atoms with E-state index < -0.39 is 12.8 Å². The van der Waals surface area contributed by atoms with Crippen LogP contribution in [0.5, 0.6) is 5.75 Å². The summed E-state index contributed by atoms with van der Waals surface area (Å²) in [5.74, 6) is 0.844. The molecule has 166 valence electrons. The quantitative estimate of drug-likeness (QED) is 0.221. The van der Waals surface area contributed by atoms with Gasteiger partial charge in [-0.15, -0.1) is 24.0 Å². The minimum atomic E-state index is -4.34. The van der Waals surface area contributed by atoms with Crippen LogP contribution in [0.3, 0.4) is 0 Å². The Kier molecular flexibility index (Phi) is 12.3. The summed E-state index contributed by atoms with van der Waals surface area (Å²) in [7, 11) is 1.68. The van der Waals surface area contributed by atoms with Gasteiger partial charge in [-0.05, 0) is 37.0 Å². The molecule has 10 heteroatoms. The van der Waals surface area contributed by atoms with E-state index in [0.717, 1.165) is 44.6 Å². The van der Waals surface area contributed by atoms with Crippen LogP contribution in [-0.2, 0) is 16.0 Å². The Bertz CT molecular complexity index is 595. The maximum Gasteiger partial charge on any atom is 0.422 e. The molecule has 2 rings (SSSR count). The zero-order chi connectivity index (χ0) is 20.2. The molecule has 1 aliphatic heterocycles. The van der Waals surface area contributed by atoms with Crippen LogP contribution in [0.25, 0.3) is 0 Å². The first-order valence-corrected chi connectivity index (χ1v) is 9.38. The summed E-state index contributed by atoms with van der Waals surface area (Å²) in [6.07, 6.45) is -1.26. The number of hydrogen-bond donors (Lipinski definition) is 2. The number of aliphatic imine (C=N–C) groups is 1. The molecule has 0 spiro atoms. The van der Waals surface area contributed by atoms with Gasteiger partial charge in [0.1, 0.15) is 5.75 Å². The second-order valence-electron chi connectivity index (χ2n) is 6.44. The SMILES string of the molecule is CN=C(NCCCOC1CCOCC1)NCc1ccc(OCC(F)(F)F)cc1.I. The molecule has 0 aliphatic carbocycles. The molecule has 6 nitrogen and oxygen atoms in total. The van der Waals surface area contributed by atoms with Gasteiger partial charge in [-0.25, -0.2) is 0 Å². The van der Waals surface area contributed by atoms with Gasteiger partial charge in [0.2, 0.25) is 0 Å². The van der Waals surface area contributed by atoms with Crippen molar-refractivity contribution in [1.29, 1.82) is 0 Å². The van der Waals surface area contributed by atoms with E-state index in [1.165, 1.54) is 12.1 Å². The van der Waals surface area contributed by atoms with Gasteiger partial charge in [-0.2, -0.15) is 13.2 Å². The first kappa shape index (κ1) is 25.8. The van der Waals surface area contributed by atoms with Crippen molar-refractivity contribution in [2.24, 2.45) is 4.99 Å². The Balaban J connectivity index is 0.00000420. The number of rotatable bonds is 9. The molecular weight excluding hydrogens is 502 g/mol. The molecule has 1 aliphatic rings. The summed E-state index contributed by atoms with van der Waals surface area (Å²) >= 11 is 0. The van der Waals surface area contributed by atoms with Gasteiger partial charge in [0.15, 0.2) is 12.6 Å². The van der Waals surface area contributed by atoms with Crippen molar-refractivity contribution in [3.8, 4) is 5.75 Å². The van der Waals surface area contributed by atoms with E-state index in [0.29, 0.717) is 25.2 Å². The molecule has 1 aromatic rings.